The summed E-state index contributed by atoms with van der Waals surface area (Å²) in [6, 6.07) is 8.96. The number of sulfonamides is 1. The van der Waals surface area contributed by atoms with E-state index in [1.165, 1.54) is 4.31 Å². The minimum absolute atomic E-state index is 0.324. The summed E-state index contributed by atoms with van der Waals surface area (Å²) < 4.78 is 38.3. The van der Waals surface area contributed by atoms with Crippen molar-refractivity contribution in [3.05, 3.63) is 47.0 Å². The molecule has 0 fully saturated rings. The molecule has 1 heterocycles. The lowest BCUT2D eigenvalue weighted by Gasteiger charge is -2.22. The smallest absolute Gasteiger partial charge is 0.264 e. The van der Waals surface area contributed by atoms with Gasteiger partial charge in [0.15, 0.2) is 0 Å². The Hall–Kier alpha value is -2.21. The van der Waals surface area contributed by atoms with Crippen molar-refractivity contribution in [3.8, 4) is 11.5 Å². The minimum atomic E-state index is -3.61. The molecule has 0 radical (unpaired) electrons. The first kappa shape index (κ1) is 16.6. The van der Waals surface area contributed by atoms with Gasteiger partial charge in [-0.1, -0.05) is 0 Å². The molecule has 1 aliphatic heterocycles. The summed E-state index contributed by atoms with van der Waals surface area (Å²) in [5, 5.41) is 0. The van der Waals surface area contributed by atoms with Crippen LogP contribution in [0.1, 0.15) is 16.7 Å². The van der Waals surface area contributed by atoms with Crippen LogP contribution in [0.4, 0.5) is 5.69 Å². The van der Waals surface area contributed by atoms with Gasteiger partial charge < -0.3 is 9.47 Å². The molecule has 0 aliphatic carbocycles. The van der Waals surface area contributed by atoms with Crippen LogP contribution in [0.3, 0.4) is 0 Å². The molecule has 2 aromatic rings. The van der Waals surface area contributed by atoms with E-state index >= 15 is 0 Å². The molecule has 0 saturated heterocycles. The predicted molar refractivity (Wildman–Crippen MR) is 93.7 cm³/mol. The summed E-state index contributed by atoms with van der Waals surface area (Å²) in [7, 11) is -0.424. The molecule has 128 valence electrons. The van der Waals surface area contributed by atoms with Crippen molar-refractivity contribution >= 4 is 15.7 Å². The van der Waals surface area contributed by atoms with Gasteiger partial charge in [0.05, 0.1) is 24.8 Å². The van der Waals surface area contributed by atoms with Crippen LogP contribution in [0.2, 0.25) is 0 Å². The van der Waals surface area contributed by atoms with Gasteiger partial charge in [-0.2, -0.15) is 0 Å². The maximum Gasteiger partial charge on any atom is 0.264 e. The average molecular weight is 347 g/mol. The summed E-state index contributed by atoms with van der Waals surface area (Å²) >= 11 is 0. The summed E-state index contributed by atoms with van der Waals surface area (Å²) in [5.41, 5.74) is 3.19. The minimum Gasteiger partial charge on any atom is -0.497 e. The normalized spacial score (nSPS) is 13.8. The van der Waals surface area contributed by atoms with Gasteiger partial charge in [0.25, 0.3) is 10.0 Å². The van der Waals surface area contributed by atoms with Crippen LogP contribution in [0.15, 0.2) is 35.2 Å². The van der Waals surface area contributed by atoms with Crippen LogP contribution in [0, 0.1) is 13.8 Å². The van der Waals surface area contributed by atoms with Crippen LogP contribution in [-0.2, 0) is 16.4 Å². The van der Waals surface area contributed by atoms with Crippen molar-refractivity contribution in [3.63, 3.8) is 0 Å². The molecule has 1 aliphatic rings. The van der Waals surface area contributed by atoms with E-state index in [1.54, 1.807) is 39.3 Å². The number of aryl methyl sites for hydroxylation is 2. The van der Waals surface area contributed by atoms with Gasteiger partial charge >= 0.3 is 0 Å². The maximum atomic E-state index is 13.2. The molecule has 0 unspecified atom stereocenters. The SMILES string of the molecule is COc1ccc2c(c1)CCN2S(=O)(=O)c1cc(C)c(OC)cc1C. The van der Waals surface area contributed by atoms with Crippen molar-refractivity contribution in [1.82, 2.24) is 0 Å². The number of methoxy groups -OCH3 is 2. The van der Waals surface area contributed by atoms with Crippen LogP contribution in [0.25, 0.3) is 0 Å². The molecule has 5 nitrogen and oxygen atoms in total. The fourth-order valence-electron chi connectivity index (χ4n) is 3.10. The lowest BCUT2D eigenvalue weighted by Crippen LogP contribution is -2.29. The molecule has 24 heavy (non-hydrogen) atoms. The van der Waals surface area contributed by atoms with Gasteiger partial charge in [-0.25, -0.2) is 8.42 Å². The summed E-state index contributed by atoms with van der Waals surface area (Å²) in [4.78, 5) is 0.324. The number of anilines is 1. The Bertz CT molecular complexity index is 890. The Morgan fingerprint density at radius 2 is 1.75 bits per heavy atom. The van der Waals surface area contributed by atoms with E-state index in [9.17, 15) is 8.42 Å². The Morgan fingerprint density at radius 3 is 2.42 bits per heavy atom. The van der Waals surface area contributed by atoms with Crippen molar-refractivity contribution in [2.24, 2.45) is 0 Å². The standard InChI is InChI=1S/C18H21NO4S/c1-12-10-18(13(2)9-17(12)23-4)24(20,21)19-8-7-14-11-15(22-3)5-6-16(14)19/h5-6,9-11H,7-8H2,1-4H3. The molecule has 2 aromatic carbocycles. The predicted octanol–water partition coefficient (Wildman–Crippen LogP) is 3.07. The van der Waals surface area contributed by atoms with E-state index in [1.807, 2.05) is 19.1 Å². The Morgan fingerprint density at radius 1 is 1.00 bits per heavy atom. The number of hydrogen-bond donors (Lipinski definition) is 0. The molecular weight excluding hydrogens is 326 g/mol. The van der Waals surface area contributed by atoms with E-state index in [-0.39, 0.29) is 0 Å². The number of fused-ring (bicyclic) bond motifs is 1. The largest absolute Gasteiger partial charge is 0.497 e. The summed E-state index contributed by atoms with van der Waals surface area (Å²) in [6.45, 7) is 4.08. The topological polar surface area (TPSA) is 55.8 Å². The molecule has 3 rings (SSSR count). The van der Waals surface area contributed by atoms with Crippen LogP contribution < -0.4 is 13.8 Å². The van der Waals surface area contributed by atoms with Crippen molar-refractivity contribution in [1.29, 1.82) is 0 Å². The van der Waals surface area contributed by atoms with Crippen LogP contribution >= 0.6 is 0 Å². The van der Waals surface area contributed by atoms with Crippen molar-refractivity contribution in [2.75, 3.05) is 25.1 Å². The zero-order chi connectivity index (χ0) is 17.5. The molecule has 0 aromatic heterocycles. The molecule has 0 atom stereocenters. The fourth-order valence-corrected chi connectivity index (χ4v) is 4.90. The zero-order valence-electron chi connectivity index (χ0n) is 14.3. The number of benzene rings is 2. The molecule has 0 bridgehead atoms. The van der Waals surface area contributed by atoms with Crippen LogP contribution in [-0.4, -0.2) is 29.2 Å². The third-order valence-electron chi connectivity index (χ3n) is 4.40. The average Bonchev–Trinajstić information content (AvgIpc) is 3.00. The van der Waals surface area contributed by atoms with Crippen molar-refractivity contribution < 1.29 is 17.9 Å². The quantitative estimate of drug-likeness (QED) is 0.853. The van der Waals surface area contributed by atoms with Gasteiger partial charge in [-0.3, -0.25) is 4.31 Å². The zero-order valence-corrected chi connectivity index (χ0v) is 15.1. The molecule has 0 saturated carbocycles. The Labute approximate surface area is 142 Å². The molecular formula is C18H21NO4S. The second kappa shape index (κ2) is 6.02. The van der Waals surface area contributed by atoms with E-state index < -0.39 is 10.0 Å². The lowest BCUT2D eigenvalue weighted by atomic mass is 10.1. The number of ether oxygens (including phenoxy) is 2. The summed E-state index contributed by atoms with van der Waals surface area (Å²) in [5.74, 6) is 1.43. The third-order valence-corrected chi connectivity index (χ3v) is 6.36. The second-order valence-corrected chi connectivity index (χ2v) is 7.74. The fraction of sp³-hybridized carbons (Fsp3) is 0.333. The monoisotopic (exact) mass is 347 g/mol. The Balaban J connectivity index is 2.07. The van der Waals surface area contributed by atoms with E-state index in [0.29, 0.717) is 29.2 Å². The highest BCUT2D eigenvalue weighted by Crippen LogP contribution is 2.37. The van der Waals surface area contributed by atoms with Gasteiger partial charge in [0, 0.05) is 6.54 Å². The highest BCUT2D eigenvalue weighted by atomic mass is 32.2. The lowest BCUT2D eigenvalue weighted by molar-refractivity contribution is 0.411. The molecule has 0 spiro atoms. The molecule has 0 amide bonds. The summed E-state index contributed by atoms with van der Waals surface area (Å²) in [6.07, 6.45) is 0.681. The number of rotatable bonds is 4. The highest BCUT2D eigenvalue weighted by Gasteiger charge is 2.32. The van der Waals surface area contributed by atoms with Crippen LogP contribution in [0.5, 0.6) is 11.5 Å². The van der Waals surface area contributed by atoms with E-state index in [2.05, 4.69) is 0 Å². The van der Waals surface area contributed by atoms with Gasteiger partial charge in [-0.15, -0.1) is 0 Å². The van der Waals surface area contributed by atoms with Crippen molar-refractivity contribution in [2.45, 2.75) is 25.2 Å². The van der Waals surface area contributed by atoms with E-state index in [4.69, 9.17) is 9.47 Å². The third kappa shape index (κ3) is 2.60. The maximum absolute atomic E-state index is 13.2. The van der Waals surface area contributed by atoms with Gasteiger partial charge in [0.1, 0.15) is 11.5 Å². The number of hydrogen-bond acceptors (Lipinski definition) is 4. The first-order valence-electron chi connectivity index (χ1n) is 7.73. The Kier molecular flexibility index (Phi) is 4.17. The highest BCUT2D eigenvalue weighted by molar-refractivity contribution is 7.93. The second-order valence-electron chi connectivity index (χ2n) is 5.91. The first-order valence-corrected chi connectivity index (χ1v) is 9.17. The van der Waals surface area contributed by atoms with E-state index in [0.717, 1.165) is 22.6 Å². The first-order chi connectivity index (χ1) is 11.4. The van der Waals surface area contributed by atoms with Gasteiger partial charge in [-0.05, 0) is 67.3 Å². The molecule has 0 N–H and O–H groups in total. The molecule has 6 heteroatoms. The van der Waals surface area contributed by atoms with Gasteiger partial charge in [0.2, 0.25) is 0 Å². The number of nitrogens with zero attached hydrogens (tertiary/aromatic N) is 1.